The number of anilines is 1. The number of hydrogen-bond donors (Lipinski definition) is 1. The van der Waals surface area contributed by atoms with Gasteiger partial charge in [-0.25, -0.2) is 4.68 Å². The van der Waals surface area contributed by atoms with Crippen LogP contribution >= 0.6 is 0 Å². The fourth-order valence-corrected chi connectivity index (χ4v) is 3.71. The molecular weight excluding hydrogens is 350 g/mol. The first-order valence-electron chi connectivity index (χ1n) is 9.18. The Morgan fingerprint density at radius 3 is 2.61 bits per heavy atom. The fraction of sp³-hybridized carbons (Fsp3) is 0.217. The van der Waals surface area contributed by atoms with E-state index in [1.807, 2.05) is 35.1 Å². The fourth-order valence-electron chi connectivity index (χ4n) is 3.71. The van der Waals surface area contributed by atoms with E-state index in [2.05, 4.69) is 48.4 Å². The van der Waals surface area contributed by atoms with E-state index in [9.17, 15) is 4.79 Å². The zero-order chi connectivity index (χ0) is 19.7. The number of aromatic nitrogens is 2. The first kappa shape index (κ1) is 17.9. The Morgan fingerprint density at radius 2 is 1.93 bits per heavy atom. The van der Waals surface area contributed by atoms with Crippen molar-refractivity contribution < 1.29 is 9.53 Å². The van der Waals surface area contributed by atoms with Crippen molar-refractivity contribution in [2.75, 3.05) is 11.9 Å². The largest absolute Gasteiger partial charge is 0.481 e. The van der Waals surface area contributed by atoms with Crippen molar-refractivity contribution >= 4 is 11.7 Å². The van der Waals surface area contributed by atoms with Crippen molar-refractivity contribution in [1.29, 1.82) is 0 Å². The predicted molar refractivity (Wildman–Crippen MR) is 109 cm³/mol. The number of hydrogen-bond acceptors (Lipinski definition) is 3. The molecule has 2 aromatic carbocycles. The quantitative estimate of drug-likeness (QED) is 0.706. The lowest BCUT2D eigenvalue weighted by molar-refractivity contribution is -0.116. The molecular formula is C23H21N3O2. The minimum Gasteiger partial charge on any atom is -0.481 e. The van der Waals surface area contributed by atoms with Crippen molar-refractivity contribution in [2.24, 2.45) is 0 Å². The van der Waals surface area contributed by atoms with Crippen LogP contribution in [0.25, 0.3) is 5.69 Å². The van der Waals surface area contributed by atoms with Crippen LogP contribution in [0.2, 0.25) is 0 Å². The molecule has 1 aliphatic rings. The lowest BCUT2D eigenvalue weighted by Gasteiger charge is -2.24. The normalized spacial score (nSPS) is 15.5. The topological polar surface area (TPSA) is 56.1 Å². The molecule has 1 atom stereocenters. The van der Waals surface area contributed by atoms with Gasteiger partial charge in [-0.15, -0.1) is 6.42 Å². The van der Waals surface area contributed by atoms with Gasteiger partial charge >= 0.3 is 0 Å². The number of carbonyl (C=O) groups excluding carboxylic acids is 1. The first-order valence-corrected chi connectivity index (χ1v) is 9.18. The number of ether oxygens (including phenoxy) is 1. The molecule has 0 aliphatic carbocycles. The summed E-state index contributed by atoms with van der Waals surface area (Å²) in [5.74, 6) is 3.84. The van der Waals surface area contributed by atoms with E-state index in [1.54, 1.807) is 0 Å². The Hall–Kier alpha value is -3.52. The number of amides is 1. The molecule has 1 aromatic heterocycles. The standard InChI is InChI=1S/C23H21N3O2/c1-4-9-28-19-7-5-17(6-8-19)20-13-22(27)25-23-21(20)14-24-26(23)18-11-15(2)10-16(3)12-18/h1,5-8,10-12,14,20H,9,13H2,2-3H3,(H,25,27). The number of benzene rings is 2. The van der Waals surface area contributed by atoms with Crippen molar-refractivity contribution in [1.82, 2.24) is 9.78 Å². The number of nitrogens with one attached hydrogen (secondary N) is 1. The number of carbonyl (C=O) groups is 1. The molecule has 140 valence electrons. The van der Waals surface area contributed by atoms with Crippen molar-refractivity contribution in [2.45, 2.75) is 26.2 Å². The zero-order valence-corrected chi connectivity index (χ0v) is 15.9. The van der Waals surface area contributed by atoms with Crippen LogP contribution in [0.1, 0.15) is 34.6 Å². The lowest BCUT2D eigenvalue weighted by Crippen LogP contribution is -2.24. The Kier molecular flexibility index (Phi) is 4.62. The highest BCUT2D eigenvalue weighted by molar-refractivity contribution is 5.94. The van der Waals surface area contributed by atoms with Crippen molar-refractivity contribution in [3.8, 4) is 23.8 Å². The molecule has 2 heterocycles. The summed E-state index contributed by atoms with van der Waals surface area (Å²) < 4.78 is 7.25. The monoisotopic (exact) mass is 371 g/mol. The van der Waals surface area contributed by atoms with Crippen LogP contribution in [0.4, 0.5) is 5.82 Å². The molecule has 1 aliphatic heterocycles. The van der Waals surface area contributed by atoms with Gasteiger partial charge in [0.2, 0.25) is 5.91 Å². The van der Waals surface area contributed by atoms with Crippen molar-refractivity contribution in [3.05, 3.63) is 70.9 Å². The van der Waals surface area contributed by atoms with E-state index >= 15 is 0 Å². The van der Waals surface area contributed by atoms with E-state index in [1.165, 1.54) is 0 Å². The average molecular weight is 371 g/mol. The number of aryl methyl sites for hydroxylation is 2. The lowest BCUT2D eigenvalue weighted by atomic mass is 9.87. The summed E-state index contributed by atoms with van der Waals surface area (Å²) in [6, 6.07) is 14.0. The third kappa shape index (κ3) is 3.37. The summed E-state index contributed by atoms with van der Waals surface area (Å²) in [6.45, 7) is 4.34. The van der Waals surface area contributed by atoms with E-state index in [4.69, 9.17) is 11.2 Å². The van der Waals surface area contributed by atoms with E-state index in [0.717, 1.165) is 33.8 Å². The summed E-state index contributed by atoms with van der Waals surface area (Å²) in [7, 11) is 0. The maximum Gasteiger partial charge on any atom is 0.226 e. The maximum atomic E-state index is 12.4. The Labute approximate surface area is 164 Å². The summed E-state index contributed by atoms with van der Waals surface area (Å²) in [5, 5.41) is 7.57. The van der Waals surface area contributed by atoms with Gasteiger partial charge in [0.1, 0.15) is 18.2 Å². The summed E-state index contributed by atoms with van der Waals surface area (Å²) in [6.07, 6.45) is 7.46. The number of nitrogens with zero attached hydrogens (tertiary/aromatic N) is 2. The van der Waals surface area contributed by atoms with Crippen LogP contribution in [-0.4, -0.2) is 22.3 Å². The molecule has 0 spiro atoms. The van der Waals surface area contributed by atoms with Gasteiger partial charge in [0.25, 0.3) is 0 Å². The second-order valence-electron chi connectivity index (χ2n) is 7.07. The van der Waals surface area contributed by atoms with Crippen LogP contribution in [0.5, 0.6) is 5.75 Å². The van der Waals surface area contributed by atoms with Crippen LogP contribution in [0.15, 0.2) is 48.7 Å². The van der Waals surface area contributed by atoms with Crippen LogP contribution in [0.3, 0.4) is 0 Å². The first-order chi connectivity index (χ1) is 13.5. The highest BCUT2D eigenvalue weighted by Crippen LogP contribution is 2.38. The van der Waals surface area contributed by atoms with Gasteiger partial charge in [0.05, 0.1) is 11.9 Å². The third-order valence-electron chi connectivity index (χ3n) is 4.88. The Bertz CT molecular complexity index is 1050. The molecule has 3 aromatic rings. The second kappa shape index (κ2) is 7.24. The van der Waals surface area contributed by atoms with Crippen LogP contribution in [-0.2, 0) is 4.79 Å². The molecule has 0 fully saturated rings. The molecule has 1 N–H and O–H groups in total. The minimum atomic E-state index is -0.0508. The highest BCUT2D eigenvalue weighted by Gasteiger charge is 2.30. The molecule has 1 unspecified atom stereocenters. The van der Waals surface area contributed by atoms with E-state index < -0.39 is 0 Å². The smallest absolute Gasteiger partial charge is 0.226 e. The van der Waals surface area contributed by atoms with E-state index in [-0.39, 0.29) is 18.4 Å². The predicted octanol–water partition coefficient (Wildman–Crippen LogP) is 3.98. The Morgan fingerprint density at radius 1 is 1.21 bits per heavy atom. The number of rotatable bonds is 4. The van der Waals surface area contributed by atoms with Crippen molar-refractivity contribution in [3.63, 3.8) is 0 Å². The van der Waals surface area contributed by atoms with Gasteiger partial charge < -0.3 is 10.1 Å². The highest BCUT2D eigenvalue weighted by atomic mass is 16.5. The van der Waals surface area contributed by atoms with Gasteiger partial charge in [0, 0.05) is 17.9 Å². The summed E-state index contributed by atoms with van der Waals surface area (Å²) >= 11 is 0. The van der Waals surface area contributed by atoms with Gasteiger partial charge in [-0.1, -0.05) is 24.1 Å². The second-order valence-corrected chi connectivity index (χ2v) is 7.07. The SMILES string of the molecule is C#CCOc1ccc(C2CC(=O)Nc3c2cnn3-c2cc(C)cc(C)c2)cc1. The molecule has 0 saturated carbocycles. The molecule has 5 heteroatoms. The van der Waals surface area contributed by atoms with Crippen LogP contribution < -0.4 is 10.1 Å². The minimum absolute atomic E-state index is 0.0173. The molecule has 0 saturated heterocycles. The molecule has 0 bridgehead atoms. The van der Waals surface area contributed by atoms with Gasteiger partial charge in [-0.05, 0) is 54.8 Å². The molecule has 28 heavy (non-hydrogen) atoms. The van der Waals surface area contributed by atoms with Gasteiger partial charge in [-0.2, -0.15) is 5.10 Å². The number of terminal acetylenes is 1. The van der Waals surface area contributed by atoms with Crippen LogP contribution in [0, 0.1) is 26.2 Å². The summed E-state index contributed by atoms with van der Waals surface area (Å²) in [4.78, 5) is 12.4. The van der Waals surface area contributed by atoms with E-state index in [0.29, 0.717) is 12.2 Å². The molecule has 4 rings (SSSR count). The number of fused-ring (bicyclic) bond motifs is 1. The zero-order valence-electron chi connectivity index (χ0n) is 15.9. The van der Waals surface area contributed by atoms with Gasteiger partial charge in [-0.3, -0.25) is 4.79 Å². The maximum absolute atomic E-state index is 12.4. The Balaban J connectivity index is 1.71. The molecule has 0 radical (unpaired) electrons. The average Bonchev–Trinajstić information content (AvgIpc) is 3.09. The summed E-state index contributed by atoms with van der Waals surface area (Å²) in [5.41, 5.74) is 5.30. The third-order valence-corrected chi connectivity index (χ3v) is 4.88. The molecule has 1 amide bonds. The van der Waals surface area contributed by atoms with Gasteiger partial charge in [0.15, 0.2) is 0 Å². The molecule has 5 nitrogen and oxygen atoms in total.